The second-order valence-corrected chi connectivity index (χ2v) is 4.98. The average molecular weight is 282 g/mol. The third-order valence-electron chi connectivity index (χ3n) is 3.00. The number of benzene rings is 1. The topological polar surface area (TPSA) is 46.2 Å². The summed E-state index contributed by atoms with van der Waals surface area (Å²) in [6.07, 6.45) is 0.302. The Hall–Kier alpha value is -1.16. The predicted molar refractivity (Wildman–Crippen MR) is 63.8 cm³/mol. The van der Waals surface area contributed by atoms with E-state index in [1.54, 1.807) is 0 Å². The Morgan fingerprint density at radius 1 is 1.31 bits per heavy atom. The molecule has 0 aliphatic carbocycles. The van der Waals surface area contributed by atoms with E-state index in [4.69, 9.17) is 0 Å². The lowest BCUT2D eigenvalue weighted by Gasteiger charge is -2.16. The van der Waals surface area contributed by atoms with Crippen molar-refractivity contribution in [3.05, 3.63) is 34.3 Å². The van der Waals surface area contributed by atoms with E-state index in [-0.39, 0.29) is 23.7 Å². The number of carbonyl (C=O) groups is 2. The Kier molecular flexibility index (Phi) is 3.10. The van der Waals surface area contributed by atoms with E-state index in [2.05, 4.69) is 21.2 Å². The molecule has 1 heterocycles. The Labute approximate surface area is 102 Å². The van der Waals surface area contributed by atoms with Gasteiger partial charge in [0, 0.05) is 10.9 Å². The third-order valence-corrected chi connectivity index (χ3v) is 3.53. The highest BCUT2D eigenvalue weighted by Gasteiger charge is 2.35. The highest BCUT2D eigenvalue weighted by molar-refractivity contribution is 9.10. The maximum Gasteiger partial charge on any atom is 0.230 e. The second kappa shape index (κ2) is 4.37. The van der Waals surface area contributed by atoms with Gasteiger partial charge in [-0.25, -0.2) is 0 Å². The van der Waals surface area contributed by atoms with Crippen LogP contribution in [0.1, 0.15) is 24.8 Å². The van der Waals surface area contributed by atoms with Crippen molar-refractivity contribution in [2.24, 2.45) is 5.92 Å². The minimum absolute atomic E-state index is 0.0690. The zero-order valence-electron chi connectivity index (χ0n) is 8.87. The lowest BCUT2D eigenvalue weighted by molar-refractivity contribution is -0.126. The normalized spacial score (nSPS) is 22.0. The molecule has 1 fully saturated rings. The second-order valence-electron chi connectivity index (χ2n) is 4.06. The number of hydrogen-bond donors (Lipinski definition) is 1. The highest BCUT2D eigenvalue weighted by atomic mass is 79.9. The zero-order valence-corrected chi connectivity index (χ0v) is 10.5. The summed E-state index contributed by atoms with van der Waals surface area (Å²) in [7, 11) is 0. The molecule has 2 unspecified atom stereocenters. The number of carbonyl (C=O) groups excluding carboxylic acids is 2. The Balaban J connectivity index is 2.19. The molecule has 1 aliphatic rings. The third kappa shape index (κ3) is 2.16. The van der Waals surface area contributed by atoms with Crippen molar-refractivity contribution >= 4 is 27.7 Å². The summed E-state index contributed by atoms with van der Waals surface area (Å²) >= 11 is 3.37. The van der Waals surface area contributed by atoms with E-state index < -0.39 is 0 Å². The number of rotatable bonds is 2. The van der Waals surface area contributed by atoms with E-state index in [0.717, 1.165) is 10.0 Å². The van der Waals surface area contributed by atoms with Crippen molar-refractivity contribution in [3.8, 4) is 0 Å². The number of nitrogens with one attached hydrogen (secondary N) is 1. The first-order valence-corrected chi connectivity index (χ1v) is 5.96. The highest BCUT2D eigenvalue weighted by Crippen LogP contribution is 2.30. The van der Waals surface area contributed by atoms with Gasteiger partial charge in [0.05, 0.1) is 5.92 Å². The van der Waals surface area contributed by atoms with Crippen LogP contribution in [0.5, 0.6) is 0 Å². The van der Waals surface area contributed by atoms with Gasteiger partial charge in [-0.05, 0) is 23.6 Å². The molecule has 2 amide bonds. The summed E-state index contributed by atoms with van der Waals surface area (Å²) in [5.41, 5.74) is 1.08. The van der Waals surface area contributed by atoms with Gasteiger partial charge < -0.3 is 0 Å². The summed E-state index contributed by atoms with van der Waals surface area (Å²) in [5.74, 6) is -0.479. The van der Waals surface area contributed by atoms with Gasteiger partial charge in [0.25, 0.3) is 0 Å². The van der Waals surface area contributed by atoms with E-state index in [9.17, 15) is 9.59 Å². The Bertz CT molecular complexity index is 427. The average Bonchev–Trinajstić information content (AvgIpc) is 2.58. The predicted octanol–water partition coefficient (Wildman–Crippen LogP) is 2.22. The van der Waals surface area contributed by atoms with Crippen LogP contribution in [0.25, 0.3) is 0 Å². The molecule has 0 saturated carbocycles. The molecular formula is C12H12BrNO2. The molecule has 2 rings (SSSR count). The molecule has 3 nitrogen and oxygen atoms in total. The molecular weight excluding hydrogens is 270 g/mol. The molecule has 0 spiro atoms. The van der Waals surface area contributed by atoms with Gasteiger partial charge >= 0.3 is 0 Å². The lowest BCUT2D eigenvalue weighted by atomic mass is 9.86. The van der Waals surface area contributed by atoms with Crippen LogP contribution >= 0.6 is 15.9 Å². The quantitative estimate of drug-likeness (QED) is 0.845. The van der Waals surface area contributed by atoms with E-state index in [1.165, 1.54) is 0 Å². The van der Waals surface area contributed by atoms with Crippen molar-refractivity contribution in [2.75, 3.05) is 0 Å². The van der Waals surface area contributed by atoms with Crippen molar-refractivity contribution in [3.63, 3.8) is 0 Å². The van der Waals surface area contributed by atoms with Gasteiger partial charge in [-0.2, -0.15) is 0 Å². The van der Waals surface area contributed by atoms with Crippen LogP contribution < -0.4 is 5.32 Å². The van der Waals surface area contributed by atoms with E-state index in [1.807, 2.05) is 31.2 Å². The summed E-state index contributed by atoms with van der Waals surface area (Å²) in [6.45, 7) is 1.98. The molecule has 16 heavy (non-hydrogen) atoms. The van der Waals surface area contributed by atoms with E-state index >= 15 is 0 Å². The maximum atomic E-state index is 11.5. The molecule has 1 saturated heterocycles. The monoisotopic (exact) mass is 281 g/mol. The smallest absolute Gasteiger partial charge is 0.230 e. The van der Waals surface area contributed by atoms with Crippen molar-refractivity contribution < 1.29 is 9.59 Å². The number of hydrogen-bond acceptors (Lipinski definition) is 2. The minimum atomic E-state index is -0.228. The maximum absolute atomic E-state index is 11.5. The molecule has 1 N–H and O–H groups in total. The number of halogens is 1. The molecule has 0 bridgehead atoms. The van der Waals surface area contributed by atoms with Crippen LogP contribution in [0.2, 0.25) is 0 Å². The van der Waals surface area contributed by atoms with E-state index in [0.29, 0.717) is 6.42 Å². The van der Waals surface area contributed by atoms with Crippen molar-refractivity contribution in [1.29, 1.82) is 0 Å². The van der Waals surface area contributed by atoms with Crippen LogP contribution in [0.15, 0.2) is 28.7 Å². The fourth-order valence-corrected chi connectivity index (χ4v) is 2.24. The summed E-state index contributed by atoms with van der Waals surface area (Å²) < 4.78 is 1.01. The Morgan fingerprint density at radius 2 is 1.94 bits per heavy atom. The van der Waals surface area contributed by atoms with Gasteiger partial charge in [-0.3, -0.25) is 14.9 Å². The SMILES string of the molecule is CC(c1ccc(Br)cc1)C1CC(=O)NC1=O. The molecule has 1 aromatic carbocycles. The Morgan fingerprint density at radius 3 is 2.44 bits per heavy atom. The first-order valence-electron chi connectivity index (χ1n) is 5.17. The zero-order chi connectivity index (χ0) is 11.7. The summed E-state index contributed by atoms with van der Waals surface area (Å²) in [5, 5.41) is 2.34. The van der Waals surface area contributed by atoms with Crippen LogP contribution in [-0.2, 0) is 9.59 Å². The van der Waals surface area contributed by atoms with Crippen molar-refractivity contribution in [2.45, 2.75) is 19.3 Å². The van der Waals surface area contributed by atoms with Crippen LogP contribution in [-0.4, -0.2) is 11.8 Å². The number of amides is 2. The van der Waals surface area contributed by atoms with Crippen LogP contribution in [0.3, 0.4) is 0 Å². The van der Waals surface area contributed by atoms with Gasteiger partial charge in [0.1, 0.15) is 0 Å². The minimum Gasteiger partial charge on any atom is -0.296 e. The molecule has 2 atom stereocenters. The summed E-state index contributed by atoms with van der Waals surface area (Å²) in [6, 6.07) is 7.84. The summed E-state index contributed by atoms with van der Waals surface area (Å²) in [4.78, 5) is 22.6. The van der Waals surface area contributed by atoms with Crippen molar-refractivity contribution in [1.82, 2.24) is 5.32 Å². The van der Waals surface area contributed by atoms with Gasteiger partial charge in [-0.1, -0.05) is 35.0 Å². The van der Waals surface area contributed by atoms with Crippen LogP contribution in [0, 0.1) is 5.92 Å². The first-order chi connectivity index (χ1) is 7.58. The van der Waals surface area contributed by atoms with Crippen LogP contribution in [0.4, 0.5) is 0 Å². The molecule has 1 aromatic rings. The molecule has 4 heteroatoms. The molecule has 84 valence electrons. The van der Waals surface area contributed by atoms with Gasteiger partial charge in [-0.15, -0.1) is 0 Å². The van der Waals surface area contributed by atoms with Gasteiger partial charge in [0.15, 0.2) is 0 Å². The molecule has 1 aliphatic heterocycles. The standard InChI is InChI=1S/C12H12BrNO2/c1-7(8-2-4-9(13)5-3-8)10-6-11(15)14-12(10)16/h2-5,7,10H,6H2,1H3,(H,14,15,16). The van der Waals surface area contributed by atoms with Gasteiger partial charge in [0.2, 0.25) is 11.8 Å². The molecule has 0 aromatic heterocycles. The number of imide groups is 1. The fraction of sp³-hybridized carbons (Fsp3) is 0.333. The lowest BCUT2D eigenvalue weighted by Crippen LogP contribution is -2.24. The fourth-order valence-electron chi connectivity index (χ4n) is 1.98. The largest absolute Gasteiger partial charge is 0.296 e. The first kappa shape index (κ1) is 11.3. The molecule has 0 radical (unpaired) electrons.